The van der Waals surface area contributed by atoms with Gasteiger partial charge in [0, 0.05) is 54.1 Å². The van der Waals surface area contributed by atoms with Crippen LogP contribution in [0.3, 0.4) is 0 Å². The number of fused-ring (bicyclic) bond motifs is 3. The van der Waals surface area contributed by atoms with E-state index in [-0.39, 0.29) is 24.0 Å². The number of ether oxygens (including phenoxy) is 2. The van der Waals surface area contributed by atoms with Gasteiger partial charge in [0.15, 0.2) is 5.69 Å². The van der Waals surface area contributed by atoms with Crippen LogP contribution >= 0.6 is 0 Å². The van der Waals surface area contributed by atoms with E-state index < -0.39 is 18.6 Å². The van der Waals surface area contributed by atoms with E-state index in [2.05, 4.69) is 9.97 Å². The standard InChI is InChI=1S/C21H20F3N5O2.C10H11FO.C2H6/c1-12-25-8-15-14-2-3-16(13-4-6-31-7-5-13)27-17(14)9-28(10-21(22,23)24)20(30)18-19(15)29(12)11-26-18;1-2-7-8-5-6-12-10(8)4-3-9(7)11;1-2/h2-3,8,11,13H,4-7,9-10H2,1H3;3-4H,2,5-6H2,1H3;1-2H3. The summed E-state index contributed by atoms with van der Waals surface area (Å²) in [4.78, 5) is 27.2. The van der Waals surface area contributed by atoms with Gasteiger partial charge in [-0.2, -0.15) is 13.2 Å². The number of amides is 1. The molecular formula is C33H37F4N5O3. The summed E-state index contributed by atoms with van der Waals surface area (Å²) in [6, 6.07) is 7.00. The number of halogens is 4. The third-order valence-corrected chi connectivity index (χ3v) is 8.17. The van der Waals surface area contributed by atoms with Crippen molar-refractivity contribution in [3.63, 3.8) is 0 Å². The van der Waals surface area contributed by atoms with Crippen LogP contribution in [0.5, 0.6) is 5.75 Å². The molecule has 1 aromatic carbocycles. The number of carbonyl (C=O) groups is 1. The van der Waals surface area contributed by atoms with Gasteiger partial charge in [0.25, 0.3) is 5.91 Å². The van der Waals surface area contributed by atoms with Crippen LogP contribution in [0.15, 0.2) is 36.8 Å². The van der Waals surface area contributed by atoms with E-state index in [1.807, 2.05) is 32.9 Å². The Morgan fingerprint density at radius 1 is 1.02 bits per heavy atom. The molecule has 12 heteroatoms. The smallest absolute Gasteiger partial charge is 0.406 e. The summed E-state index contributed by atoms with van der Waals surface area (Å²) in [6.45, 7) is 8.06. The van der Waals surface area contributed by atoms with Crippen molar-refractivity contribution in [2.75, 3.05) is 26.4 Å². The zero-order chi connectivity index (χ0) is 32.3. The summed E-state index contributed by atoms with van der Waals surface area (Å²) in [5.74, 6) is 0.769. The molecule has 0 bridgehead atoms. The minimum absolute atomic E-state index is 0.0103. The summed E-state index contributed by atoms with van der Waals surface area (Å²) in [5.41, 5.74) is 4.87. The lowest BCUT2D eigenvalue weighted by molar-refractivity contribution is -0.141. The highest BCUT2D eigenvalue weighted by Gasteiger charge is 2.37. The van der Waals surface area contributed by atoms with E-state index in [1.54, 1.807) is 23.6 Å². The Morgan fingerprint density at radius 3 is 2.49 bits per heavy atom. The molecule has 3 aliphatic heterocycles. The summed E-state index contributed by atoms with van der Waals surface area (Å²) >= 11 is 0. The van der Waals surface area contributed by atoms with Crippen molar-refractivity contribution < 1.29 is 31.8 Å². The summed E-state index contributed by atoms with van der Waals surface area (Å²) < 4.78 is 65.5. The molecule has 1 amide bonds. The van der Waals surface area contributed by atoms with Crippen LogP contribution in [-0.2, 0) is 24.1 Å². The fraction of sp³-hybridized carbons (Fsp3) is 0.455. The maximum absolute atomic E-state index is 13.3. The number of nitrogens with zero attached hydrogens (tertiary/aromatic N) is 5. The van der Waals surface area contributed by atoms with Crippen molar-refractivity contribution in [2.24, 2.45) is 0 Å². The third kappa shape index (κ3) is 6.66. The first-order chi connectivity index (χ1) is 21.6. The minimum atomic E-state index is -4.54. The Morgan fingerprint density at radius 2 is 1.78 bits per heavy atom. The Balaban J connectivity index is 0.000000238. The van der Waals surface area contributed by atoms with Crippen LogP contribution in [0.25, 0.3) is 16.6 Å². The molecule has 3 aromatic heterocycles. The van der Waals surface area contributed by atoms with Crippen LogP contribution in [-0.4, -0.2) is 62.7 Å². The van der Waals surface area contributed by atoms with E-state index >= 15 is 0 Å². The molecule has 0 spiro atoms. The van der Waals surface area contributed by atoms with E-state index in [0.717, 1.165) is 53.2 Å². The van der Waals surface area contributed by atoms with Gasteiger partial charge in [-0.05, 0) is 49.9 Å². The monoisotopic (exact) mass is 627 g/mol. The van der Waals surface area contributed by atoms with Crippen LogP contribution in [0, 0.1) is 12.7 Å². The average molecular weight is 628 g/mol. The molecule has 0 aliphatic carbocycles. The minimum Gasteiger partial charge on any atom is -0.493 e. The Kier molecular flexibility index (Phi) is 9.71. The first kappa shape index (κ1) is 32.3. The number of hydrogen-bond donors (Lipinski definition) is 0. The molecule has 0 atom stereocenters. The highest BCUT2D eigenvalue weighted by atomic mass is 19.4. The predicted molar refractivity (Wildman–Crippen MR) is 161 cm³/mol. The molecule has 8 nitrogen and oxygen atoms in total. The Bertz CT molecular complexity index is 1680. The third-order valence-electron chi connectivity index (χ3n) is 8.17. The molecule has 45 heavy (non-hydrogen) atoms. The van der Waals surface area contributed by atoms with Crippen molar-refractivity contribution in [2.45, 2.75) is 72.0 Å². The van der Waals surface area contributed by atoms with Gasteiger partial charge in [0.1, 0.15) is 30.3 Å². The number of aryl methyl sites for hydroxylation is 1. The van der Waals surface area contributed by atoms with Crippen molar-refractivity contribution in [1.29, 1.82) is 0 Å². The average Bonchev–Trinajstić information content (AvgIpc) is 3.70. The van der Waals surface area contributed by atoms with Crippen molar-refractivity contribution in [3.8, 4) is 16.9 Å². The lowest BCUT2D eigenvalue weighted by Gasteiger charge is -2.28. The molecule has 4 aromatic rings. The lowest BCUT2D eigenvalue weighted by Crippen LogP contribution is -2.39. The molecule has 1 fully saturated rings. The van der Waals surface area contributed by atoms with E-state index in [1.165, 1.54) is 12.4 Å². The summed E-state index contributed by atoms with van der Waals surface area (Å²) in [6.07, 6.45) is 1.74. The topological polar surface area (TPSA) is 81.9 Å². The fourth-order valence-electron chi connectivity index (χ4n) is 6.03. The second-order valence-corrected chi connectivity index (χ2v) is 10.9. The molecule has 7 rings (SSSR count). The van der Waals surface area contributed by atoms with Crippen LogP contribution < -0.4 is 4.74 Å². The van der Waals surface area contributed by atoms with Crippen molar-refractivity contribution >= 4 is 11.4 Å². The van der Waals surface area contributed by atoms with Crippen molar-refractivity contribution in [3.05, 3.63) is 76.6 Å². The number of carbonyl (C=O) groups excluding carboxylic acids is 1. The van der Waals surface area contributed by atoms with E-state index in [0.29, 0.717) is 48.0 Å². The van der Waals surface area contributed by atoms with E-state index in [4.69, 9.17) is 14.5 Å². The van der Waals surface area contributed by atoms with Gasteiger partial charge in [-0.1, -0.05) is 26.8 Å². The van der Waals surface area contributed by atoms with Gasteiger partial charge in [-0.25, -0.2) is 14.4 Å². The summed E-state index contributed by atoms with van der Waals surface area (Å²) in [5, 5.41) is 0. The van der Waals surface area contributed by atoms with Gasteiger partial charge in [-0.3, -0.25) is 14.2 Å². The normalized spacial score (nSPS) is 16.0. The predicted octanol–water partition coefficient (Wildman–Crippen LogP) is 6.86. The highest BCUT2D eigenvalue weighted by molar-refractivity contribution is 6.04. The second-order valence-electron chi connectivity index (χ2n) is 10.9. The quantitative estimate of drug-likeness (QED) is 0.231. The highest BCUT2D eigenvalue weighted by Crippen LogP contribution is 2.36. The van der Waals surface area contributed by atoms with Gasteiger partial charge in [-0.15, -0.1) is 0 Å². The number of hydrogen-bond acceptors (Lipinski definition) is 6. The molecular weight excluding hydrogens is 590 g/mol. The zero-order valence-electron chi connectivity index (χ0n) is 25.9. The number of benzene rings is 1. The fourth-order valence-corrected chi connectivity index (χ4v) is 6.03. The molecule has 6 heterocycles. The molecule has 0 N–H and O–H groups in total. The number of aromatic nitrogens is 4. The maximum Gasteiger partial charge on any atom is 0.406 e. The molecule has 0 radical (unpaired) electrons. The van der Waals surface area contributed by atoms with Crippen molar-refractivity contribution in [1.82, 2.24) is 24.3 Å². The van der Waals surface area contributed by atoms with Gasteiger partial charge in [0.05, 0.1) is 24.4 Å². The number of alkyl halides is 3. The summed E-state index contributed by atoms with van der Waals surface area (Å²) in [7, 11) is 0. The van der Waals surface area contributed by atoms with Crippen LogP contribution in [0.4, 0.5) is 17.6 Å². The van der Waals surface area contributed by atoms with Crippen LogP contribution in [0.1, 0.15) is 78.4 Å². The molecule has 0 saturated carbocycles. The van der Waals surface area contributed by atoms with Gasteiger partial charge in [0.2, 0.25) is 0 Å². The molecule has 240 valence electrons. The Labute approximate surface area is 259 Å². The SMILES string of the molecule is CC.CCc1c(F)ccc2c1CCO2.Cc1ncc2c3c(ncn13)C(=O)N(CC(F)(F)F)Cc1nc(C3CCOCC3)ccc1-2. The molecule has 1 saturated heterocycles. The number of rotatable bonds is 3. The largest absolute Gasteiger partial charge is 0.493 e. The lowest BCUT2D eigenvalue weighted by atomic mass is 9.93. The zero-order valence-corrected chi connectivity index (χ0v) is 25.9. The van der Waals surface area contributed by atoms with E-state index in [9.17, 15) is 22.4 Å². The van der Waals surface area contributed by atoms with Gasteiger partial charge < -0.3 is 14.4 Å². The number of pyridine rings is 1. The molecule has 3 aliphatic rings. The Hall–Kier alpha value is -4.06. The maximum atomic E-state index is 13.3. The first-order valence-electron chi connectivity index (χ1n) is 15.3. The van der Waals surface area contributed by atoms with Gasteiger partial charge >= 0.3 is 6.18 Å². The molecule has 0 unspecified atom stereocenters. The second kappa shape index (κ2) is 13.5. The number of imidazole rings is 1. The first-order valence-corrected chi connectivity index (χ1v) is 15.3. The van der Waals surface area contributed by atoms with Crippen LogP contribution in [0.2, 0.25) is 0 Å².